The molecular formula is C19H18Cl2N2O3. The van der Waals surface area contributed by atoms with Crippen molar-refractivity contribution in [1.29, 1.82) is 0 Å². The van der Waals surface area contributed by atoms with Crippen molar-refractivity contribution in [2.75, 3.05) is 9.80 Å². The number of amides is 3. The zero-order valence-corrected chi connectivity index (χ0v) is 15.6. The van der Waals surface area contributed by atoms with E-state index in [0.717, 1.165) is 4.90 Å². The number of benzene rings is 2. The molecule has 2 aromatic rings. The van der Waals surface area contributed by atoms with E-state index in [0.29, 0.717) is 40.7 Å². The topological polar surface area (TPSA) is 60.9 Å². The molecular weight excluding hydrogens is 375 g/mol. The van der Waals surface area contributed by atoms with Crippen LogP contribution in [0, 0.1) is 0 Å². The Kier molecular flexibility index (Phi) is 5.23. The van der Waals surface area contributed by atoms with E-state index >= 15 is 0 Å². The first-order chi connectivity index (χ1) is 12.3. The van der Waals surface area contributed by atoms with Gasteiger partial charge in [-0.15, -0.1) is 0 Å². The Bertz CT molecular complexity index is 803. The van der Waals surface area contributed by atoms with Gasteiger partial charge in [0.1, 0.15) is 0 Å². The molecule has 3 rings (SSSR count). The van der Waals surface area contributed by atoms with E-state index in [1.807, 2.05) is 6.92 Å². The van der Waals surface area contributed by atoms with Crippen molar-refractivity contribution < 1.29 is 14.7 Å². The summed E-state index contributed by atoms with van der Waals surface area (Å²) in [5.74, 6) is 0. The van der Waals surface area contributed by atoms with Gasteiger partial charge in [-0.1, -0.05) is 23.2 Å². The first kappa shape index (κ1) is 18.7. The number of carbonyl (C=O) groups excluding carboxylic acids is 2. The fourth-order valence-electron chi connectivity index (χ4n) is 3.31. The van der Waals surface area contributed by atoms with Crippen LogP contribution in [0.4, 0.5) is 16.2 Å². The summed E-state index contributed by atoms with van der Waals surface area (Å²) in [5.41, 5.74) is 0.421. The largest absolute Gasteiger partial charge is 0.393 e. The molecule has 1 saturated carbocycles. The number of urea groups is 1. The van der Waals surface area contributed by atoms with Crippen LogP contribution >= 0.6 is 23.2 Å². The normalized spacial score (nSPS) is 21.6. The molecule has 5 nitrogen and oxygen atoms in total. The van der Waals surface area contributed by atoms with Crippen LogP contribution in [-0.2, 0) is 4.79 Å². The summed E-state index contributed by atoms with van der Waals surface area (Å²) in [6.45, 7) is 1.89. The number of hydrogen-bond acceptors (Lipinski definition) is 3. The third-order valence-corrected chi connectivity index (χ3v) is 5.09. The summed E-state index contributed by atoms with van der Waals surface area (Å²) in [7, 11) is 0. The maximum atomic E-state index is 13.3. The molecule has 0 aliphatic heterocycles. The molecule has 1 aliphatic rings. The predicted molar refractivity (Wildman–Crippen MR) is 103 cm³/mol. The predicted octanol–water partition coefficient (Wildman–Crippen LogP) is 4.50. The lowest BCUT2D eigenvalue weighted by Crippen LogP contribution is -2.62. The molecule has 1 fully saturated rings. The Morgan fingerprint density at radius 2 is 1.50 bits per heavy atom. The van der Waals surface area contributed by atoms with Crippen molar-refractivity contribution in [3.8, 4) is 0 Å². The first-order valence-electron chi connectivity index (χ1n) is 8.12. The van der Waals surface area contributed by atoms with E-state index in [-0.39, 0.29) is 0 Å². The minimum atomic E-state index is -0.599. The molecule has 1 aliphatic carbocycles. The van der Waals surface area contributed by atoms with Gasteiger partial charge in [0.25, 0.3) is 0 Å². The van der Waals surface area contributed by atoms with Crippen molar-refractivity contribution in [3.05, 3.63) is 58.6 Å². The standard InChI is InChI=1S/C19H18Cl2N2O3/c1-19(10-17(25)11-19)23(16-8-4-14(21)5-9-16)18(26)22(12-24)15-6-2-13(20)3-7-15/h2-9,12,17,25H,10-11H2,1H3. The lowest BCUT2D eigenvalue weighted by Gasteiger charge is -2.50. The van der Waals surface area contributed by atoms with Gasteiger partial charge in [-0.25, -0.2) is 9.69 Å². The first-order valence-corrected chi connectivity index (χ1v) is 8.87. The monoisotopic (exact) mass is 392 g/mol. The number of rotatable bonds is 4. The number of aliphatic hydroxyl groups is 1. The van der Waals surface area contributed by atoms with Gasteiger partial charge in [0.05, 0.1) is 17.3 Å². The van der Waals surface area contributed by atoms with Crippen LogP contribution < -0.4 is 9.80 Å². The van der Waals surface area contributed by atoms with Gasteiger partial charge in [0, 0.05) is 15.7 Å². The third kappa shape index (κ3) is 3.56. The summed E-state index contributed by atoms with van der Waals surface area (Å²) in [6.07, 6.45) is 0.860. The Morgan fingerprint density at radius 1 is 1.04 bits per heavy atom. The number of hydrogen-bond donors (Lipinski definition) is 1. The highest BCUT2D eigenvalue weighted by atomic mass is 35.5. The molecule has 0 spiro atoms. The van der Waals surface area contributed by atoms with Crippen molar-refractivity contribution in [2.45, 2.75) is 31.4 Å². The molecule has 0 heterocycles. The van der Waals surface area contributed by atoms with Gasteiger partial charge >= 0.3 is 6.03 Å². The van der Waals surface area contributed by atoms with Crippen LogP contribution in [0.2, 0.25) is 10.0 Å². The molecule has 0 atom stereocenters. The van der Waals surface area contributed by atoms with E-state index < -0.39 is 17.7 Å². The molecule has 0 bridgehead atoms. The van der Waals surface area contributed by atoms with Gasteiger partial charge < -0.3 is 5.11 Å². The van der Waals surface area contributed by atoms with Crippen LogP contribution in [-0.4, -0.2) is 29.2 Å². The Hall–Kier alpha value is -2.08. The number of aliphatic hydroxyl groups excluding tert-OH is 1. The minimum Gasteiger partial charge on any atom is -0.393 e. The number of anilines is 2. The van der Waals surface area contributed by atoms with Crippen LogP contribution in [0.15, 0.2) is 48.5 Å². The fourth-order valence-corrected chi connectivity index (χ4v) is 3.56. The van der Waals surface area contributed by atoms with Crippen molar-refractivity contribution >= 4 is 47.0 Å². The maximum absolute atomic E-state index is 13.3. The Morgan fingerprint density at radius 3 is 1.92 bits per heavy atom. The second kappa shape index (κ2) is 7.27. The number of halogens is 2. The van der Waals surface area contributed by atoms with Crippen LogP contribution in [0.25, 0.3) is 0 Å². The summed E-state index contributed by atoms with van der Waals surface area (Å²) in [5, 5.41) is 10.8. The van der Waals surface area contributed by atoms with Gasteiger partial charge in [-0.05, 0) is 68.3 Å². The second-order valence-electron chi connectivity index (χ2n) is 6.61. The van der Waals surface area contributed by atoms with Crippen molar-refractivity contribution in [1.82, 2.24) is 0 Å². The average molecular weight is 393 g/mol. The highest BCUT2D eigenvalue weighted by Crippen LogP contribution is 2.41. The smallest absolute Gasteiger partial charge is 0.336 e. The van der Waals surface area contributed by atoms with E-state index in [1.54, 1.807) is 53.4 Å². The molecule has 0 radical (unpaired) electrons. The van der Waals surface area contributed by atoms with Crippen LogP contribution in [0.3, 0.4) is 0 Å². The summed E-state index contributed by atoms with van der Waals surface area (Å²) in [6, 6.07) is 12.7. The summed E-state index contributed by atoms with van der Waals surface area (Å²) >= 11 is 11.8. The number of imide groups is 1. The average Bonchev–Trinajstić information content (AvgIpc) is 2.58. The lowest BCUT2D eigenvalue weighted by atomic mass is 9.74. The number of carbonyl (C=O) groups is 2. The molecule has 0 saturated heterocycles. The summed E-state index contributed by atoms with van der Waals surface area (Å²) < 4.78 is 0. The molecule has 136 valence electrons. The van der Waals surface area contributed by atoms with E-state index in [9.17, 15) is 14.7 Å². The van der Waals surface area contributed by atoms with Gasteiger partial charge in [-0.3, -0.25) is 9.69 Å². The fraction of sp³-hybridized carbons (Fsp3) is 0.263. The van der Waals surface area contributed by atoms with Crippen LogP contribution in [0.5, 0.6) is 0 Å². The maximum Gasteiger partial charge on any atom is 0.336 e. The van der Waals surface area contributed by atoms with Gasteiger partial charge in [0.2, 0.25) is 6.41 Å². The molecule has 0 unspecified atom stereocenters. The summed E-state index contributed by atoms with van der Waals surface area (Å²) in [4.78, 5) is 27.5. The van der Waals surface area contributed by atoms with Gasteiger partial charge in [0.15, 0.2) is 0 Å². The molecule has 26 heavy (non-hydrogen) atoms. The van der Waals surface area contributed by atoms with Gasteiger partial charge in [-0.2, -0.15) is 0 Å². The highest BCUT2D eigenvalue weighted by Gasteiger charge is 2.48. The Balaban J connectivity index is 1.99. The van der Waals surface area contributed by atoms with E-state index in [1.165, 1.54) is 0 Å². The lowest BCUT2D eigenvalue weighted by molar-refractivity contribution is -0.106. The third-order valence-electron chi connectivity index (χ3n) is 4.58. The zero-order chi connectivity index (χ0) is 18.9. The quantitative estimate of drug-likeness (QED) is 0.779. The van der Waals surface area contributed by atoms with Crippen LogP contribution in [0.1, 0.15) is 19.8 Å². The molecule has 7 heteroatoms. The molecule has 3 amide bonds. The van der Waals surface area contributed by atoms with Crippen molar-refractivity contribution in [2.24, 2.45) is 0 Å². The second-order valence-corrected chi connectivity index (χ2v) is 7.48. The zero-order valence-electron chi connectivity index (χ0n) is 14.1. The Labute approximate surface area is 161 Å². The van der Waals surface area contributed by atoms with E-state index in [4.69, 9.17) is 23.2 Å². The highest BCUT2D eigenvalue weighted by molar-refractivity contribution is 6.31. The number of nitrogens with zero attached hydrogens (tertiary/aromatic N) is 2. The molecule has 2 aromatic carbocycles. The molecule has 1 N–H and O–H groups in total. The SMILES string of the molecule is CC1(N(C(=O)N(C=O)c2ccc(Cl)cc2)c2ccc(Cl)cc2)CC(O)C1. The minimum absolute atomic E-state index is 0.414. The molecule has 0 aromatic heterocycles. The van der Waals surface area contributed by atoms with E-state index in [2.05, 4.69) is 0 Å². The van der Waals surface area contributed by atoms with Crippen molar-refractivity contribution in [3.63, 3.8) is 0 Å².